The standard InChI is InChI=1S/C42H27NS/c1-2-9-32(10-3-1)43(34-22-25-39-38-12-6-7-13-41(38)44-42(39)27-34)33-20-16-28(17-21-33)31-15-14-30-19-23-36-35-11-5-4-8-29(35)18-24-37(36)40(30)26-31/h1-27H. The van der Waals surface area contributed by atoms with E-state index in [1.807, 2.05) is 11.3 Å². The van der Waals surface area contributed by atoms with Crippen LogP contribution in [0.5, 0.6) is 0 Å². The zero-order chi connectivity index (χ0) is 29.0. The molecule has 0 spiro atoms. The average Bonchev–Trinajstić information content (AvgIpc) is 3.47. The lowest BCUT2D eigenvalue weighted by Crippen LogP contribution is -2.09. The Bertz CT molecular complexity index is 2490. The fourth-order valence-electron chi connectivity index (χ4n) is 6.68. The van der Waals surface area contributed by atoms with E-state index in [0.717, 1.165) is 17.1 Å². The molecule has 0 amide bonds. The summed E-state index contributed by atoms with van der Waals surface area (Å²) < 4.78 is 2.63. The molecule has 0 unspecified atom stereocenters. The number of para-hydroxylation sites is 1. The van der Waals surface area contributed by atoms with Crippen LogP contribution in [0.25, 0.3) is 63.6 Å². The van der Waals surface area contributed by atoms with Crippen molar-refractivity contribution < 1.29 is 0 Å². The van der Waals surface area contributed by atoms with Gasteiger partial charge in [0.05, 0.1) is 0 Å². The topological polar surface area (TPSA) is 3.24 Å². The summed E-state index contributed by atoms with van der Waals surface area (Å²) in [6.07, 6.45) is 0. The van der Waals surface area contributed by atoms with Gasteiger partial charge in [0.2, 0.25) is 0 Å². The summed E-state index contributed by atoms with van der Waals surface area (Å²) in [5.41, 5.74) is 5.87. The van der Waals surface area contributed by atoms with Crippen LogP contribution in [0.15, 0.2) is 164 Å². The summed E-state index contributed by atoms with van der Waals surface area (Å²) >= 11 is 1.86. The quantitative estimate of drug-likeness (QED) is 0.188. The molecule has 0 N–H and O–H groups in total. The number of fused-ring (bicyclic) bond motifs is 8. The molecule has 8 aromatic carbocycles. The first-order chi connectivity index (χ1) is 21.8. The number of benzene rings is 8. The molecule has 1 aromatic heterocycles. The summed E-state index contributed by atoms with van der Waals surface area (Å²) in [4.78, 5) is 2.35. The van der Waals surface area contributed by atoms with Gasteiger partial charge in [0, 0.05) is 37.2 Å². The Morgan fingerprint density at radius 1 is 0.318 bits per heavy atom. The predicted octanol–water partition coefficient (Wildman–Crippen LogP) is 12.7. The Hall–Kier alpha value is -5.44. The molecule has 9 rings (SSSR count). The fourth-order valence-corrected chi connectivity index (χ4v) is 7.82. The van der Waals surface area contributed by atoms with Crippen molar-refractivity contribution in [2.75, 3.05) is 4.90 Å². The van der Waals surface area contributed by atoms with Gasteiger partial charge in [-0.05, 0) is 92.0 Å². The third-order valence-corrected chi connectivity index (χ3v) is 9.97. The van der Waals surface area contributed by atoms with Crippen LogP contribution in [0.3, 0.4) is 0 Å². The molecule has 0 atom stereocenters. The molecule has 0 saturated heterocycles. The molecule has 0 fully saturated rings. The van der Waals surface area contributed by atoms with Gasteiger partial charge in [-0.15, -0.1) is 11.3 Å². The monoisotopic (exact) mass is 577 g/mol. The molecule has 0 aliphatic heterocycles. The maximum atomic E-state index is 2.35. The maximum Gasteiger partial charge on any atom is 0.0476 e. The molecule has 206 valence electrons. The van der Waals surface area contributed by atoms with Crippen molar-refractivity contribution in [3.8, 4) is 11.1 Å². The van der Waals surface area contributed by atoms with Gasteiger partial charge in [0.25, 0.3) is 0 Å². The lowest BCUT2D eigenvalue weighted by atomic mass is 9.94. The van der Waals surface area contributed by atoms with Crippen molar-refractivity contribution in [2.45, 2.75) is 0 Å². The summed E-state index contributed by atoms with van der Waals surface area (Å²) in [5, 5.41) is 10.4. The summed E-state index contributed by atoms with van der Waals surface area (Å²) in [7, 11) is 0. The number of hydrogen-bond donors (Lipinski definition) is 0. The van der Waals surface area contributed by atoms with Crippen LogP contribution in [0.2, 0.25) is 0 Å². The first-order valence-corrected chi connectivity index (χ1v) is 15.8. The third kappa shape index (κ3) is 4.07. The number of rotatable bonds is 4. The molecular weight excluding hydrogens is 551 g/mol. The van der Waals surface area contributed by atoms with E-state index in [2.05, 4.69) is 169 Å². The van der Waals surface area contributed by atoms with Gasteiger partial charge in [-0.2, -0.15) is 0 Å². The highest BCUT2D eigenvalue weighted by atomic mass is 32.1. The van der Waals surface area contributed by atoms with Gasteiger partial charge < -0.3 is 4.90 Å². The second kappa shape index (κ2) is 10.1. The Balaban J connectivity index is 1.14. The Morgan fingerprint density at radius 3 is 1.73 bits per heavy atom. The van der Waals surface area contributed by atoms with Crippen molar-refractivity contribution in [3.05, 3.63) is 164 Å². The summed E-state index contributed by atoms with van der Waals surface area (Å²) in [6.45, 7) is 0. The molecule has 44 heavy (non-hydrogen) atoms. The van der Waals surface area contributed by atoms with Crippen molar-refractivity contribution in [2.24, 2.45) is 0 Å². The lowest BCUT2D eigenvalue weighted by molar-refractivity contribution is 1.29. The highest BCUT2D eigenvalue weighted by molar-refractivity contribution is 7.25. The fraction of sp³-hybridized carbons (Fsp3) is 0. The van der Waals surface area contributed by atoms with Crippen molar-refractivity contribution in [3.63, 3.8) is 0 Å². The van der Waals surface area contributed by atoms with Gasteiger partial charge in [0.1, 0.15) is 0 Å². The first-order valence-electron chi connectivity index (χ1n) is 15.0. The van der Waals surface area contributed by atoms with E-state index in [1.54, 1.807) is 0 Å². The summed E-state index contributed by atoms with van der Waals surface area (Å²) in [5.74, 6) is 0. The van der Waals surface area contributed by atoms with Crippen molar-refractivity contribution in [1.29, 1.82) is 0 Å². The molecule has 0 aliphatic rings. The van der Waals surface area contributed by atoms with E-state index in [1.165, 1.54) is 63.6 Å². The molecule has 0 saturated carbocycles. The van der Waals surface area contributed by atoms with E-state index in [0.29, 0.717) is 0 Å². The van der Waals surface area contributed by atoms with E-state index >= 15 is 0 Å². The molecule has 1 heterocycles. The lowest BCUT2D eigenvalue weighted by Gasteiger charge is -2.25. The molecule has 9 aromatic rings. The Morgan fingerprint density at radius 2 is 0.886 bits per heavy atom. The second-order valence-electron chi connectivity index (χ2n) is 11.4. The second-order valence-corrected chi connectivity index (χ2v) is 12.5. The Kier molecular flexibility index (Phi) is 5.75. The highest BCUT2D eigenvalue weighted by Gasteiger charge is 2.15. The number of hydrogen-bond acceptors (Lipinski definition) is 2. The van der Waals surface area contributed by atoms with E-state index < -0.39 is 0 Å². The molecule has 0 radical (unpaired) electrons. The van der Waals surface area contributed by atoms with Crippen LogP contribution in [0.4, 0.5) is 17.1 Å². The van der Waals surface area contributed by atoms with Crippen LogP contribution >= 0.6 is 11.3 Å². The molecule has 0 bridgehead atoms. The predicted molar refractivity (Wildman–Crippen MR) is 192 cm³/mol. The smallest absolute Gasteiger partial charge is 0.0476 e. The van der Waals surface area contributed by atoms with Crippen LogP contribution in [0.1, 0.15) is 0 Å². The van der Waals surface area contributed by atoms with Gasteiger partial charge in [-0.3, -0.25) is 0 Å². The van der Waals surface area contributed by atoms with Gasteiger partial charge in [0.15, 0.2) is 0 Å². The minimum atomic E-state index is 1.14. The maximum absolute atomic E-state index is 2.35. The van der Waals surface area contributed by atoms with E-state index in [-0.39, 0.29) is 0 Å². The number of thiophene rings is 1. The average molecular weight is 578 g/mol. The van der Waals surface area contributed by atoms with Gasteiger partial charge in [-0.1, -0.05) is 115 Å². The molecule has 1 nitrogen and oxygen atoms in total. The number of anilines is 3. The molecule has 0 aliphatic carbocycles. The SMILES string of the molecule is c1ccc(N(c2ccc(-c3ccc4ccc5c6ccccc6ccc5c4c3)cc2)c2ccc3c(c2)sc2ccccc23)cc1. The molecule has 2 heteroatoms. The minimum absolute atomic E-state index is 1.14. The zero-order valence-corrected chi connectivity index (χ0v) is 24.8. The minimum Gasteiger partial charge on any atom is -0.310 e. The normalized spacial score (nSPS) is 11.6. The van der Waals surface area contributed by atoms with Crippen LogP contribution in [0, 0.1) is 0 Å². The number of nitrogens with zero attached hydrogens (tertiary/aromatic N) is 1. The summed E-state index contributed by atoms with van der Waals surface area (Å²) in [6, 6.07) is 59.7. The van der Waals surface area contributed by atoms with E-state index in [4.69, 9.17) is 0 Å². The highest BCUT2D eigenvalue weighted by Crippen LogP contribution is 2.41. The largest absolute Gasteiger partial charge is 0.310 e. The van der Waals surface area contributed by atoms with E-state index in [9.17, 15) is 0 Å². The van der Waals surface area contributed by atoms with Gasteiger partial charge in [-0.25, -0.2) is 0 Å². The third-order valence-electron chi connectivity index (χ3n) is 8.84. The van der Waals surface area contributed by atoms with Crippen molar-refractivity contribution >= 4 is 80.9 Å². The van der Waals surface area contributed by atoms with Crippen molar-refractivity contribution in [1.82, 2.24) is 0 Å². The van der Waals surface area contributed by atoms with Gasteiger partial charge >= 0.3 is 0 Å². The molecular formula is C42H27NS. The first kappa shape index (κ1) is 25.1. The van der Waals surface area contributed by atoms with Crippen LogP contribution in [-0.2, 0) is 0 Å². The zero-order valence-electron chi connectivity index (χ0n) is 23.9. The van der Waals surface area contributed by atoms with Crippen LogP contribution in [-0.4, -0.2) is 0 Å². The van der Waals surface area contributed by atoms with Crippen LogP contribution < -0.4 is 4.90 Å². The Labute approximate surface area is 259 Å².